The summed E-state index contributed by atoms with van der Waals surface area (Å²) < 4.78 is 10.7. The van der Waals surface area contributed by atoms with Crippen LogP contribution in [0.25, 0.3) is 0 Å². The fourth-order valence-corrected chi connectivity index (χ4v) is 5.90. The second-order valence-electron chi connectivity index (χ2n) is 10.5. The standard InChI is InChI=1S/C31H32N4O9S/c1-21(36)45-29-16-28(33(18-29)31(38)44-20-25-9-13-27(14-10-25)35(41)42)15-6-22-2-4-23(5-3-22)17-32-30(37)43-19-24-7-11-26(12-8-24)34(39)40/h2-5,7-14,28-29H,6,15-20H2,1H3,(H,32,37)/t28-,29+/m1/s1. The van der Waals surface area contributed by atoms with Crippen molar-refractivity contribution in [3.63, 3.8) is 0 Å². The SMILES string of the molecule is CC(=O)S[C@H]1C[C@@H](CCc2ccc(CNC(=O)OCc3ccc([N+](=O)[O-])cc3)cc2)N(C(=O)OCc2ccc([N+](=O)[O-])cc2)C1. The van der Waals surface area contributed by atoms with Gasteiger partial charge in [-0.25, -0.2) is 9.59 Å². The number of likely N-dealkylation sites (tertiary alicyclic amines) is 1. The average Bonchev–Trinajstić information content (AvgIpc) is 3.43. The van der Waals surface area contributed by atoms with Crippen molar-refractivity contribution in [3.05, 3.63) is 115 Å². The Labute approximate surface area is 263 Å². The summed E-state index contributed by atoms with van der Waals surface area (Å²) in [6, 6.07) is 19.1. The summed E-state index contributed by atoms with van der Waals surface area (Å²) in [6.07, 6.45) is 0.887. The zero-order chi connectivity index (χ0) is 32.3. The number of carbonyl (C=O) groups is 3. The molecule has 3 aromatic carbocycles. The summed E-state index contributed by atoms with van der Waals surface area (Å²) in [6.45, 7) is 2.10. The molecule has 1 aliphatic heterocycles. The van der Waals surface area contributed by atoms with Crippen molar-refractivity contribution in [2.75, 3.05) is 6.54 Å². The van der Waals surface area contributed by atoms with E-state index in [1.807, 2.05) is 24.3 Å². The number of hydrogen-bond donors (Lipinski definition) is 1. The number of carbonyl (C=O) groups excluding carboxylic acids is 3. The van der Waals surface area contributed by atoms with E-state index in [0.29, 0.717) is 36.9 Å². The van der Waals surface area contributed by atoms with Crippen LogP contribution in [0.1, 0.15) is 42.0 Å². The van der Waals surface area contributed by atoms with Crippen molar-refractivity contribution in [3.8, 4) is 0 Å². The first kappa shape index (κ1) is 32.9. The Kier molecular flexibility index (Phi) is 11.5. The van der Waals surface area contributed by atoms with Crippen LogP contribution >= 0.6 is 11.8 Å². The van der Waals surface area contributed by atoms with Crippen molar-refractivity contribution in [2.24, 2.45) is 0 Å². The largest absolute Gasteiger partial charge is 0.445 e. The smallest absolute Gasteiger partial charge is 0.410 e. The van der Waals surface area contributed by atoms with Crippen LogP contribution in [0.2, 0.25) is 0 Å². The molecule has 0 radical (unpaired) electrons. The molecule has 14 heteroatoms. The number of hydrogen-bond acceptors (Lipinski definition) is 10. The molecule has 0 aliphatic carbocycles. The maximum absolute atomic E-state index is 13.0. The molecule has 0 spiro atoms. The number of benzene rings is 3. The van der Waals surface area contributed by atoms with E-state index in [2.05, 4.69) is 5.32 Å². The fourth-order valence-electron chi connectivity index (χ4n) is 4.88. The lowest BCUT2D eigenvalue weighted by atomic mass is 10.0. The third-order valence-electron chi connectivity index (χ3n) is 7.20. The highest BCUT2D eigenvalue weighted by Crippen LogP contribution is 2.31. The molecule has 0 saturated carbocycles. The Morgan fingerprint density at radius 3 is 1.87 bits per heavy atom. The normalized spacial score (nSPS) is 15.7. The van der Waals surface area contributed by atoms with E-state index in [4.69, 9.17) is 9.47 Å². The lowest BCUT2D eigenvalue weighted by molar-refractivity contribution is -0.385. The van der Waals surface area contributed by atoms with Gasteiger partial charge in [-0.15, -0.1) is 0 Å². The van der Waals surface area contributed by atoms with Crippen LogP contribution in [0.15, 0.2) is 72.8 Å². The van der Waals surface area contributed by atoms with Gasteiger partial charge in [0.15, 0.2) is 5.12 Å². The molecule has 3 aromatic rings. The zero-order valence-electron chi connectivity index (χ0n) is 24.5. The maximum Gasteiger partial charge on any atom is 0.410 e. The molecule has 4 rings (SSSR count). The van der Waals surface area contributed by atoms with Gasteiger partial charge in [-0.2, -0.15) is 0 Å². The Hall–Kier alpha value is -4.98. The van der Waals surface area contributed by atoms with Crippen LogP contribution in [-0.2, 0) is 40.4 Å². The number of alkyl carbamates (subject to hydrolysis) is 1. The molecule has 2 amide bonds. The van der Waals surface area contributed by atoms with Crippen LogP contribution in [0.4, 0.5) is 21.0 Å². The minimum absolute atomic E-state index is 0.0146. The van der Waals surface area contributed by atoms with E-state index < -0.39 is 22.0 Å². The summed E-state index contributed by atoms with van der Waals surface area (Å²) >= 11 is 1.22. The molecule has 2 atom stereocenters. The average molecular weight is 637 g/mol. The molecule has 1 saturated heterocycles. The highest BCUT2D eigenvalue weighted by atomic mass is 32.2. The summed E-state index contributed by atoms with van der Waals surface area (Å²) in [5.74, 6) is 0. The van der Waals surface area contributed by atoms with Crippen molar-refractivity contribution in [2.45, 2.75) is 57.2 Å². The fraction of sp³-hybridized carbons (Fsp3) is 0.323. The molecular formula is C31H32N4O9S. The van der Waals surface area contributed by atoms with Gasteiger partial charge in [0, 0.05) is 55.6 Å². The second kappa shape index (κ2) is 15.7. The van der Waals surface area contributed by atoms with Gasteiger partial charge in [0.1, 0.15) is 13.2 Å². The van der Waals surface area contributed by atoms with Crippen LogP contribution in [0, 0.1) is 20.2 Å². The van der Waals surface area contributed by atoms with E-state index in [-0.39, 0.29) is 47.5 Å². The third kappa shape index (κ3) is 10.0. The molecule has 0 unspecified atom stereocenters. The quantitative estimate of drug-likeness (QED) is 0.186. The first-order chi connectivity index (χ1) is 21.6. The first-order valence-electron chi connectivity index (χ1n) is 14.1. The second-order valence-corrected chi connectivity index (χ2v) is 11.9. The van der Waals surface area contributed by atoms with Gasteiger partial charge in [0.2, 0.25) is 0 Å². The van der Waals surface area contributed by atoms with E-state index in [1.165, 1.54) is 55.1 Å². The number of rotatable bonds is 12. The lowest BCUT2D eigenvalue weighted by Crippen LogP contribution is -2.36. The molecular weight excluding hydrogens is 604 g/mol. The van der Waals surface area contributed by atoms with E-state index in [9.17, 15) is 34.6 Å². The van der Waals surface area contributed by atoms with E-state index >= 15 is 0 Å². The third-order valence-corrected chi connectivity index (χ3v) is 8.20. The molecule has 1 aliphatic rings. The van der Waals surface area contributed by atoms with Crippen molar-refractivity contribution in [1.82, 2.24) is 10.2 Å². The first-order valence-corrected chi connectivity index (χ1v) is 15.0. The Bertz CT molecular complexity index is 1520. The number of nitrogens with one attached hydrogen (secondary N) is 1. The van der Waals surface area contributed by atoms with Crippen LogP contribution in [0.5, 0.6) is 0 Å². The predicted octanol–water partition coefficient (Wildman–Crippen LogP) is 5.92. The molecule has 0 bridgehead atoms. The van der Waals surface area contributed by atoms with Crippen molar-refractivity contribution in [1.29, 1.82) is 0 Å². The molecule has 1 N–H and O–H groups in total. The van der Waals surface area contributed by atoms with Crippen LogP contribution in [0.3, 0.4) is 0 Å². The summed E-state index contributed by atoms with van der Waals surface area (Å²) in [5.41, 5.74) is 3.08. The minimum atomic E-state index is -0.614. The maximum atomic E-state index is 13.0. The summed E-state index contributed by atoms with van der Waals surface area (Å²) in [4.78, 5) is 59.1. The van der Waals surface area contributed by atoms with Crippen LogP contribution < -0.4 is 5.32 Å². The lowest BCUT2D eigenvalue weighted by Gasteiger charge is -2.24. The van der Waals surface area contributed by atoms with Gasteiger partial charge < -0.3 is 19.7 Å². The Morgan fingerprint density at radius 2 is 1.33 bits per heavy atom. The number of nitro groups is 2. The number of aryl methyl sites for hydroxylation is 1. The number of nitro benzene ring substituents is 2. The zero-order valence-corrected chi connectivity index (χ0v) is 25.3. The Morgan fingerprint density at radius 1 is 0.822 bits per heavy atom. The topological polar surface area (TPSA) is 171 Å². The number of thioether (sulfide) groups is 1. The number of non-ortho nitro benzene ring substituents is 2. The van der Waals surface area contributed by atoms with E-state index in [0.717, 1.165) is 11.1 Å². The molecule has 1 heterocycles. The number of nitrogens with zero attached hydrogens (tertiary/aromatic N) is 3. The predicted molar refractivity (Wildman–Crippen MR) is 165 cm³/mol. The van der Waals surface area contributed by atoms with Crippen molar-refractivity contribution >= 4 is 40.4 Å². The van der Waals surface area contributed by atoms with Gasteiger partial charge >= 0.3 is 12.2 Å². The Balaban J connectivity index is 1.24. The number of ether oxygens (including phenoxy) is 2. The molecule has 1 fully saturated rings. The van der Waals surface area contributed by atoms with Gasteiger partial charge in [0.05, 0.1) is 9.85 Å². The molecule has 45 heavy (non-hydrogen) atoms. The molecule has 236 valence electrons. The van der Waals surface area contributed by atoms with Crippen LogP contribution in [-0.4, -0.2) is 49.9 Å². The molecule has 13 nitrogen and oxygen atoms in total. The van der Waals surface area contributed by atoms with Crippen molar-refractivity contribution < 1.29 is 33.7 Å². The highest BCUT2D eigenvalue weighted by Gasteiger charge is 2.36. The highest BCUT2D eigenvalue weighted by molar-refractivity contribution is 8.14. The molecule has 0 aromatic heterocycles. The van der Waals surface area contributed by atoms with Gasteiger partial charge in [-0.05, 0) is 65.8 Å². The van der Waals surface area contributed by atoms with Gasteiger partial charge in [-0.1, -0.05) is 36.0 Å². The summed E-state index contributed by atoms with van der Waals surface area (Å²) in [7, 11) is 0. The minimum Gasteiger partial charge on any atom is -0.445 e. The van der Waals surface area contributed by atoms with Gasteiger partial charge in [0.25, 0.3) is 11.4 Å². The summed E-state index contributed by atoms with van der Waals surface area (Å²) in [5, 5.41) is 24.2. The monoisotopic (exact) mass is 636 g/mol. The van der Waals surface area contributed by atoms with E-state index in [1.54, 1.807) is 17.0 Å². The van der Waals surface area contributed by atoms with Gasteiger partial charge in [-0.3, -0.25) is 25.0 Å². The number of amides is 2.